The number of ether oxygens (including phenoxy) is 2. The van der Waals surface area contributed by atoms with E-state index in [-0.39, 0.29) is 29.2 Å². The molecule has 3 aromatic rings. The number of para-hydroxylation sites is 2. The van der Waals surface area contributed by atoms with Crippen molar-refractivity contribution in [2.45, 2.75) is 40.2 Å². The van der Waals surface area contributed by atoms with Crippen molar-refractivity contribution in [1.29, 1.82) is 0 Å². The van der Waals surface area contributed by atoms with Gasteiger partial charge in [0.15, 0.2) is 0 Å². The van der Waals surface area contributed by atoms with Gasteiger partial charge in [0, 0.05) is 0 Å². The number of nitrogens with zero attached hydrogens (tertiary/aromatic N) is 3. The van der Waals surface area contributed by atoms with Crippen LogP contribution < -0.4 is 15.6 Å². The first-order chi connectivity index (χ1) is 14.9. The summed E-state index contributed by atoms with van der Waals surface area (Å²) in [7, 11) is 0. The summed E-state index contributed by atoms with van der Waals surface area (Å²) in [6.45, 7) is 7.38. The highest BCUT2D eigenvalue weighted by Crippen LogP contribution is 2.26. The Morgan fingerprint density at radius 1 is 1.19 bits per heavy atom. The Bertz CT molecular complexity index is 1170. The predicted molar refractivity (Wildman–Crippen MR) is 112 cm³/mol. The van der Waals surface area contributed by atoms with Crippen molar-refractivity contribution in [1.82, 2.24) is 14.7 Å². The molecule has 1 N–H and O–H groups in total. The molecule has 0 aliphatic rings. The second-order valence-electron chi connectivity index (χ2n) is 6.61. The van der Waals surface area contributed by atoms with E-state index in [4.69, 9.17) is 14.0 Å². The van der Waals surface area contributed by atoms with E-state index in [0.717, 1.165) is 0 Å². The summed E-state index contributed by atoms with van der Waals surface area (Å²) < 4.78 is 16.8. The van der Waals surface area contributed by atoms with Crippen molar-refractivity contribution in [3.63, 3.8) is 0 Å². The Morgan fingerprint density at radius 2 is 1.94 bits per heavy atom. The van der Waals surface area contributed by atoms with E-state index in [0.29, 0.717) is 24.5 Å². The molecule has 0 aliphatic carbocycles. The van der Waals surface area contributed by atoms with E-state index in [2.05, 4.69) is 15.5 Å². The lowest BCUT2D eigenvalue weighted by atomic mass is 10.1. The molecule has 0 aliphatic heterocycles. The van der Waals surface area contributed by atoms with E-state index in [1.165, 1.54) is 4.57 Å². The van der Waals surface area contributed by atoms with Crippen LogP contribution in [0.2, 0.25) is 0 Å². The third-order valence-corrected chi connectivity index (χ3v) is 4.63. The van der Waals surface area contributed by atoms with Gasteiger partial charge in [-0.25, -0.2) is 4.79 Å². The third-order valence-electron chi connectivity index (χ3n) is 4.63. The minimum absolute atomic E-state index is 0.0845. The maximum Gasteiger partial charge on any atom is 0.361 e. The van der Waals surface area contributed by atoms with Crippen LogP contribution in [0.1, 0.15) is 49.5 Å². The van der Waals surface area contributed by atoms with E-state index < -0.39 is 23.5 Å². The molecule has 31 heavy (non-hydrogen) atoms. The summed E-state index contributed by atoms with van der Waals surface area (Å²) in [5.41, 5.74) is -0.463. The number of esters is 1. The number of benzene rings is 1. The van der Waals surface area contributed by atoms with Gasteiger partial charge in [-0.3, -0.25) is 14.2 Å². The van der Waals surface area contributed by atoms with Gasteiger partial charge in [-0.2, -0.15) is 4.98 Å². The van der Waals surface area contributed by atoms with Gasteiger partial charge in [0.25, 0.3) is 11.3 Å². The van der Waals surface area contributed by atoms with Crippen molar-refractivity contribution >= 4 is 28.7 Å². The number of carbonyl (C=O) groups excluding carboxylic acids is 2. The molecule has 0 saturated heterocycles. The Balaban J connectivity index is 2.04. The highest BCUT2D eigenvalue weighted by Gasteiger charge is 2.28. The zero-order valence-corrected chi connectivity index (χ0v) is 17.8. The Labute approximate surface area is 178 Å². The van der Waals surface area contributed by atoms with Crippen molar-refractivity contribution in [2.75, 3.05) is 18.5 Å². The number of carbonyl (C=O) groups is 2. The summed E-state index contributed by atoms with van der Waals surface area (Å²) in [5, 5.41) is 6.34. The lowest BCUT2D eigenvalue weighted by Crippen LogP contribution is -2.35. The van der Waals surface area contributed by atoms with Crippen LogP contribution in [0.15, 0.2) is 33.6 Å². The molecule has 0 bridgehead atoms. The molecule has 0 unspecified atom stereocenters. The second-order valence-corrected chi connectivity index (χ2v) is 6.61. The minimum Gasteiger partial charge on any atom is -0.492 e. The smallest absolute Gasteiger partial charge is 0.361 e. The molecule has 1 amide bonds. The van der Waals surface area contributed by atoms with Gasteiger partial charge in [0.2, 0.25) is 11.6 Å². The van der Waals surface area contributed by atoms with Crippen molar-refractivity contribution in [3.05, 3.63) is 46.1 Å². The number of rotatable bonds is 8. The first kappa shape index (κ1) is 22.0. The zero-order valence-electron chi connectivity index (χ0n) is 17.8. The van der Waals surface area contributed by atoms with Gasteiger partial charge in [-0.1, -0.05) is 24.2 Å². The standard InChI is InChI=1S/C21H24N4O6/c1-5-14(18(26)23-13-10-8-9-11-15(13)29-6-2)25-12(4)22-19-16(20(25)27)17(24-31-19)21(28)30-7-3/h8-11,14H,5-7H2,1-4H3,(H,23,26)/t14-/m1/s1. The van der Waals surface area contributed by atoms with Gasteiger partial charge in [-0.05, 0) is 39.3 Å². The molecule has 0 spiro atoms. The molecule has 10 nitrogen and oxygen atoms in total. The summed E-state index contributed by atoms with van der Waals surface area (Å²) >= 11 is 0. The lowest BCUT2D eigenvalue weighted by Gasteiger charge is -2.20. The van der Waals surface area contributed by atoms with Gasteiger partial charge in [0.1, 0.15) is 23.0 Å². The lowest BCUT2D eigenvalue weighted by molar-refractivity contribution is -0.119. The maximum absolute atomic E-state index is 13.3. The second kappa shape index (κ2) is 9.41. The number of hydrogen-bond donors (Lipinski definition) is 1. The van der Waals surface area contributed by atoms with Crippen LogP contribution in [-0.2, 0) is 9.53 Å². The Kier molecular flexibility index (Phi) is 6.68. The Hall–Kier alpha value is -3.69. The summed E-state index contributed by atoms with van der Waals surface area (Å²) in [6, 6.07) is 6.14. The van der Waals surface area contributed by atoms with E-state index in [1.54, 1.807) is 45.0 Å². The molecule has 1 atom stereocenters. The number of fused-ring (bicyclic) bond motifs is 1. The number of aryl methyl sites for hydroxylation is 1. The fraction of sp³-hybridized carbons (Fsp3) is 0.381. The quantitative estimate of drug-likeness (QED) is 0.543. The predicted octanol–water partition coefficient (Wildman–Crippen LogP) is 2.86. The van der Waals surface area contributed by atoms with Crippen LogP contribution in [0.5, 0.6) is 5.75 Å². The minimum atomic E-state index is -0.885. The number of amides is 1. The number of aromatic nitrogens is 3. The fourth-order valence-corrected chi connectivity index (χ4v) is 3.28. The molecule has 3 rings (SSSR count). The summed E-state index contributed by atoms with van der Waals surface area (Å²) in [5.74, 6) is -0.438. The van der Waals surface area contributed by atoms with Gasteiger partial charge >= 0.3 is 5.97 Å². The van der Waals surface area contributed by atoms with Gasteiger partial charge in [0.05, 0.1) is 18.9 Å². The molecule has 1 aromatic carbocycles. The first-order valence-corrected chi connectivity index (χ1v) is 10.0. The fourth-order valence-electron chi connectivity index (χ4n) is 3.28. The number of hydrogen-bond acceptors (Lipinski definition) is 8. The van der Waals surface area contributed by atoms with Gasteiger partial charge in [-0.15, -0.1) is 0 Å². The third kappa shape index (κ3) is 4.27. The maximum atomic E-state index is 13.3. The van der Waals surface area contributed by atoms with Crippen LogP contribution in [-0.4, -0.2) is 39.8 Å². The van der Waals surface area contributed by atoms with Crippen molar-refractivity contribution in [2.24, 2.45) is 0 Å². The topological polar surface area (TPSA) is 126 Å². The SMILES string of the molecule is CCOC(=O)c1noc2nc(C)n([C@H](CC)C(=O)Nc3ccccc3OCC)c(=O)c12. The molecule has 10 heteroatoms. The summed E-state index contributed by atoms with van der Waals surface area (Å²) in [6.07, 6.45) is 0.302. The van der Waals surface area contributed by atoms with Crippen LogP contribution >= 0.6 is 0 Å². The van der Waals surface area contributed by atoms with Crippen LogP contribution in [0.3, 0.4) is 0 Å². The van der Waals surface area contributed by atoms with Crippen LogP contribution in [0.25, 0.3) is 11.1 Å². The average Bonchev–Trinajstić information content (AvgIpc) is 3.17. The molecule has 0 saturated carbocycles. The molecular weight excluding hydrogens is 404 g/mol. The molecule has 2 heterocycles. The van der Waals surface area contributed by atoms with E-state index in [9.17, 15) is 14.4 Å². The van der Waals surface area contributed by atoms with E-state index in [1.807, 2.05) is 6.92 Å². The summed E-state index contributed by atoms with van der Waals surface area (Å²) in [4.78, 5) is 42.8. The first-order valence-electron chi connectivity index (χ1n) is 10.0. The van der Waals surface area contributed by atoms with Gasteiger partial charge < -0.3 is 19.3 Å². The van der Waals surface area contributed by atoms with Crippen LogP contribution in [0, 0.1) is 6.92 Å². The molecular formula is C21H24N4O6. The monoisotopic (exact) mass is 428 g/mol. The zero-order chi connectivity index (χ0) is 22.5. The molecule has 0 fully saturated rings. The largest absolute Gasteiger partial charge is 0.492 e. The molecule has 2 aromatic heterocycles. The highest BCUT2D eigenvalue weighted by atomic mass is 16.5. The highest BCUT2D eigenvalue weighted by molar-refractivity contribution is 6.00. The molecule has 164 valence electrons. The van der Waals surface area contributed by atoms with E-state index >= 15 is 0 Å². The Morgan fingerprint density at radius 3 is 2.61 bits per heavy atom. The number of anilines is 1. The van der Waals surface area contributed by atoms with Crippen molar-refractivity contribution < 1.29 is 23.6 Å². The number of nitrogens with one attached hydrogen (secondary N) is 1. The normalized spacial score (nSPS) is 11.9. The molecule has 0 radical (unpaired) electrons. The average molecular weight is 428 g/mol. The van der Waals surface area contributed by atoms with Crippen molar-refractivity contribution in [3.8, 4) is 5.75 Å². The van der Waals surface area contributed by atoms with Crippen LogP contribution in [0.4, 0.5) is 5.69 Å².